The fraction of sp³-hybridized carbons (Fsp3) is 0.375. The van der Waals surface area contributed by atoms with Crippen molar-refractivity contribution in [2.45, 2.75) is 12.7 Å². The molecule has 0 fully saturated rings. The van der Waals surface area contributed by atoms with Crippen molar-refractivity contribution in [3.05, 3.63) is 32.3 Å². The normalized spacial score (nSPS) is 10.8. The van der Waals surface area contributed by atoms with Crippen LogP contribution in [-0.2, 0) is 6.54 Å². The highest BCUT2D eigenvalue weighted by atomic mass is 32.1. The number of halogens is 3. The Kier molecular flexibility index (Phi) is 4.36. The summed E-state index contributed by atoms with van der Waals surface area (Å²) in [5.74, 6) is -0.792. The van der Waals surface area contributed by atoms with Crippen LogP contribution in [0.15, 0.2) is 17.2 Å². The zero-order chi connectivity index (χ0) is 12.9. The Morgan fingerprint density at radius 2 is 2.24 bits per heavy atom. The van der Waals surface area contributed by atoms with E-state index < -0.39 is 18.6 Å². The van der Waals surface area contributed by atoms with Gasteiger partial charge in [-0.2, -0.15) is 13.2 Å². The number of thiophene rings is 1. The standard InChI is InChI=1S/C8H7F3N4OS/c9-8(10,11)4-13-7(16)6-2-1-5(17-6)3-14-15-12/h1-2H,3-4H2,(H,13,16). The zero-order valence-corrected chi connectivity index (χ0v) is 9.18. The molecule has 17 heavy (non-hydrogen) atoms. The number of hydrogen-bond donors (Lipinski definition) is 1. The van der Waals surface area contributed by atoms with Gasteiger partial charge < -0.3 is 5.32 Å². The van der Waals surface area contributed by atoms with Crippen LogP contribution in [0.25, 0.3) is 10.4 Å². The minimum absolute atomic E-state index is 0.0771. The van der Waals surface area contributed by atoms with Crippen molar-refractivity contribution < 1.29 is 18.0 Å². The van der Waals surface area contributed by atoms with Crippen LogP contribution < -0.4 is 5.32 Å². The van der Waals surface area contributed by atoms with E-state index >= 15 is 0 Å². The van der Waals surface area contributed by atoms with Gasteiger partial charge in [0.2, 0.25) is 0 Å². The number of nitrogens with zero attached hydrogens (tertiary/aromatic N) is 3. The maximum absolute atomic E-state index is 11.8. The average molecular weight is 264 g/mol. The van der Waals surface area contributed by atoms with Crippen molar-refractivity contribution >= 4 is 17.2 Å². The third-order valence-electron chi connectivity index (χ3n) is 1.62. The van der Waals surface area contributed by atoms with Crippen molar-refractivity contribution in [2.75, 3.05) is 6.54 Å². The summed E-state index contributed by atoms with van der Waals surface area (Å²) in [5, 5.41) is 5.03. The summed E-state index contributed by atoms with van der Waals surface area (Å²) in [6, 6.07) is 2.92. The topological polar surface area (TPSA) is 77.9 Å². The second kappa shape index (κ2) is 5.55. The first-order valence-corrected chi connectivity index (χ1v) is 5.18. The quantitative estimate of drug-likeness (QED) is 0.506. The number of carbonyl (C=O) groups is 1. The summed E-state index contributed by atoms with van der Waals surface area (Å²) < 4.78 is 35.5. The monoisotopic (exact) mass is 264 g/mol. The molecule has 1 rings (SSSR count). The van der Waals surface area contributed by atoms with Gasteiger partial charge in [0.05, 0.1) is 11.4 Å². The third kappa shape index (κ3) is 4.75. The van der Waals surface area contributed by atoms with E-state index in [4.69, 9.17) is 5.53 Å². The van der Waals surface area contributed by atoms with Crippen LogP contribution in [0.4, 0.5) is 13.2 Å². The van der Waals surface area contributed by atoms with Crippen LogP contribution in [-0.4, -0.2) is 18.6 Å². The lowest BCUT2D eigenvalue weighted by Crippen LogP contribution is -2.33. The first-order valence-electron chi connectivity index (χ1n) is 4.37. The molecule has 9 heteroatoms. The van der Waals surface area contributed by atoms with E-state index in [9.17, 15) is 18.0 Å². The van der Waals surface area contributed by atoms with Gasteiger partial charge in [0.25, 0.3) is 5.91 Å². The Bertz CT molecular complexity index is 450. The lowest BCUT2D eigenvalue weighted by atomic mass is 10.4. The summed E-state index contributed by atoms with van der Waals surface area (Å²) in [7, 11) is 0. The van der Waals surface area contributed by atoms with Crippen molar-refractivity contribution in [1.82, 2.24) is 5.32 Å². The molecule has 5 nitrogen and oxygen atoms in total. The summed E-state index contributed by atoms with van der Waals surface area (Å²) in [5.41, 5.74) is 8.08. The molecule has 0 aromatic carbocycles. The average Bonchev–Trinajstić information content (AvgIpc) is 2.70. The van der Waals surface area contributed by atoms with Crippen molar-refractivity contribution in [3.63, 3.8) is 0 Å². The first-order chi connectivity index (χ1) is 7.92. The molecule has 0 aliphatic rings. The molecule has 0 unspecified atom stereocenters. The molecule has 92 valence electrons. The summed E-state index contributed by atoms with van der Waals surface area (Å²) in [6.45, 7) is -1.29. The fourth-order valence-corrected chi connectivity index (χ4v) is 1.80. The second-order valence-electron chi connectivity index (χ2n) is 2.95. The molecule has 1 heterocycles. The summed E-state index contributed by atoms with van der Waals surface area (Å²) in [4.78, 5) is 14.6. The molecule has 0 saturated heterocycles. The molecule has 1 aromatic heterocycles. The first kappa shape index (κ1) is 13.3. The largest absolute Gasteiger partial charge is 0.405 e. The highest BCUT2D eigenvalue weighted by Gasteiger charge is 2.28. The van der Waals surface area contributed by atoms with E-state index in [-0.39, 0.29) is 11.4 Å². The van der Waals surface area contributed by atoms with Crippen LogP contribution in [0.1, 0.15) is 14.5 Å². The molecule has 0 radical (unpaired) electrons. The smallest absolute Gasteiger partial charge is 0.342 e. The van der Waals surface area contributed by atoms with Gasteiger partial charge >= 0.3 is 6.18 Å². The molecule has 0 saturated carbocycles. The van der Waals surface area contributed by atoms with Gasteiger partial charge in [-0.3, -0.25) is 4.79 Å². The molecular weight excluding hydrogens is 257 g/mol. The SMILES string of the molecule is [N-]=[N+]=NCc1ccc(C(=O)NCC(F)(F)F)s1. The number of hydrogen-bond acceptors (Lipinski definition) is 3. The summed E-state index contributed by atoms with van der Waals surface area (Å²) in [6.07, 6.45) is -4.43. The number of carbonyl (C=O) groups excluding carboxylic acids is 1. The van der Waals surface area contributed by atoms with Crippen molar-refractivity contribution in [3.8, 4) is 0 Å². The molecule has 0 aliphatic carbocycles. The predicted molar refractivity (Wildman–Crippen MR) is 55.6 cm³/mol. The van der Waals surface area contributed by atoms with Crippen LogP contribution in [0, 0.1) is 0 Å². The lowest BCUT2D eigenvalue weighted by molar-refractivity contribution is -0.123. The molecule has 1 N–H and O–H groups in total. The number of alkyl halides is 3. The molecule has 0 bridgehead atoms. The van der Waals surface area contributed by atoms with Gasteiger partial charge in [-0.05, 0) is 17.7 Å². The summed E-state index contributed by atoms with van der Waals surface area (Å²) >= 11 is 0.987. The maximum Gasteiger partial charge on any atom is 0.405 e. The van der Waals surface area contributed by atoms with Crippen molar-refractivity contribution in [2.24, 2.45) is 5.11 Å². The second-order valence-corrected chi connectivity index (χ2v) is 4.12. The molecule has 0 aliphatic heterocycles. The Morgan fingerprint density at radius 1 is 1.53 bits per heavy atom. The van der Waals surface area contributed by atoms with Crippen LogP contribution in [0.5, 0.6) is 0 Å². The Morgan fingerprint density at radius 3 is 2.82 bits per heavy atom. The van der Waals surface area contributed by atoms with Crippen molar-refractivity contribution in [1.29, 1.82) is 0 Å². The van der Waals surface area contributed by atoms with E-state index in [1.54, 1.807) is 5.32 Å². The third-order valence-corrected chi connectivity index (χ3v) is 2.69. The van der Waals surface area contributed by atoms with Gasteiger partial charge in [-0.15, -0.1) is 11.3 Å². The lowest BCUT2D eigenvalue weighted by Gasteiger charge is -2.06. The maximum atomic E-state index is 11.8. The number of nitrogens with one attached hydrogen (secondary N) is 1. The Labute approximate surface area is 97.9 Å². The van der Waals surface area contributed by atoms with Gasteiger partial charge in [-0.25, -0.2) is 0 Å². The molecule has 0 atom stereocenters. The van der Waals surface area contributed by atoms with E-state index in [1.165, 1.54) is 12.1 Å². The number of azide groups is 1. The molecular formula is C8H7F3N4OS. The number of amides is 1. The van der Waals surface area contributed by atoms with E-state index in [1.807, 2.05) is 0 Å². The van der Waals surface area contributed by atoms with Gasteiger partial charge in [0.1, 0.15) is 6.54 Å². The van der Waals surface area contributed by atoms with E-state index in [0.717, 1.165) is 11.3 Å². The highest BCUT2D eigenvalue weighted by Crippen LogP contribution is 2.18. The predicted octanol–water partition coefficient (Wildman–Crippen LogP) is 2.85. The minimum atomic E-state index is -4.43. The van der Waals surface area contributed by atoms with Gasteiger partial charge in [-0.1, -0.05) is 5.11 Å². The van der Waals surface area contributed by atoms with Crippen LogP contribution >= 0.6 is 11.3 Å². The fourth-order valence-electron chi connectivity index (χ4n) is 0.954. The zero-order valence-electron chi connectivity index (χ0n) is 8.36. The van der Waals surface area contributed by atoms with Gasteiger partial charge in [0, 0.05) is 9.79 Å². The Hall–Kier alpha value is -1.73. The van der Waals surface area contributed by atoms with E-state index in [0.29, 0.717) is 4.88 Å². The molecule has 1 amide bonds. The van der Waals surface area contributed by atoms with E-state index in [2.05, 4.69) is 10.0 Å². The van der Waals surface area contributed by atoms with Crippen LogP contribution in [0.3, 0.4) is 0 Å². The minimum Gasteiger partial charge on any atom is -0.342 e. The molecule has 0 spiro atoms. The Balaban J connectivity index is 2.57. The van der Waals surface area contributed by atoms with Gasteiger partial charge in [0.15, 0.2) is 0 Å². The highest BCUT2D eigenvalue weighted by molar-refractivity contribution is 7.14. The molecule has 1 aromatic rings. The van der Waals surface area contributed by atoms with Crippen LogP contribution in [0.2, 0.25) is 0 Å². The number of rotatable bonds is 4.